The van der Waals surface area contributed by atoms with Gasteiger partial charge in [-0.3, -0.25) is 10.1 Å². The number of nitrogens with one attached hydrogen (secondary N) is 1. The highest BCUT2D eigenvalue weighted by Gasteiger charge is 2.19. The van der Waals surface area contributed by atoms with Crippen molar-refractivity contribution in [2.45, 2.75) is 44.3 Å². The first kappa shape index (κ1) is 13.4. The van der Waals surface area contributed by atoms with Crippen molar-refractivity contribution in [3.05, 3.63) is 0 Å². The van der Waals surface area contributed by atoms with Crippen LogP contribution in [-0.2, 0) is 4.79 Å². The van der Waals surface area contributed by atoms with Gasteiger partial charge in [-0.25, -0.2) is 4.79 Å². The minimum atomic E-state index is -0.768. The standard InChI is InChI=1S/C11H20N2O2S/c1-8(10(14)13-11(12)15)16-7-9-5-3-2-4-6-9/h8-9H,2-7H2,1H3,(H3,12,13,14,15)/t8-/m0/s1. The highest BCUT2D eigenvalue weighted by atomic mass is 32.2. The Morgan fingerprint density at radius 1 is 1.38 bits per heavy atom. The summed E-state index contributed by atoms with van der Waals surface area (Å²) in [6.45, 7) is 1.81. The molecule has 16 heavy (non-hydrogen) atoms. The summed E-state index contributed by atoms with van der Waals surface area (Å²) in [6.07, 6.45) is 6.52. The molecule has 5 heteroatoms. The van der Waals surface area contributed by atoms with Gasteiger partial charge >= 0.3 is 6.03 Å². The van der Waals surface area contributed by atoms with Crippen LogP contribution in [0.5, 0.6) is 0 Å². The predicted octanol–water partition coefficient (Wildman–Crippen LogP) is 1.88. The summed E-state index contributed by atoms with van der Waals surface area (Å²) in [4.78, 5) is 21.9. The minimum Gasteiger partial charge on any atom is -0.351 e. The third kappa shape index (κ3) is 4.88. The van der Waals surface area contributed by atoms with E-state index in [-0.39, 0.29) is 11.2 Å². The van der Waals surface area contributed by atoms with Crippen LogP contribution in [0.3, 0.4) is 0 Å². The number of primary amides is 1. The molecule has 3 amide bonds. The summed E-state index contributed by atoms with van der Waals surface area (Å²) in [7, 11) is 0. The Morgan fingerprint density at radius 2 is 2.00 bits per heavy atom. The van der Waals surface area contributed by atoms with E-state index >= 15 is 0 Å². The maximum atomic E-state index is 11.4. The second-order valence-corrected chi connectivity index (χ2v) is 5.71. The number of imide groups is 1. The number of thioether (sulfide) groups is 1. The Balaban J connectivity index is 2.20. The minimum absolute atomic E-state index is 0.200. The number of rotatable bonds is 4. The predicted molar refractivity (Wildman–Crippen MR) is 66.2 cm³/mol. The van der Waals surface area contributed by atoms with Crippen LogP contribution in [-0.4, -0.2) is 22.9 Å². The summed E-state index contributed by atoms with van der Waals surface area (Å²) in [5.74, 6) is 1.46. The number of urea groups is 1. The van der Waals surface area contributed by atoms with Crippen LogP contribution in [0.25, 0.3) is 0 Å². The molecule has 1 atom stereocenters. The Kier molecular flexibility index (Phi) is 5.66. The van der Waals surface area contributed by atoms with Gasteiger partial charge in [-0.2, -0.15) is 0 Å². The lowest BCUT2D eigenvalue weighted by Crippen LogP contribution is -2.39. The molecule has 92 valence electrons. The smallest absolute Gasteiger partial charge is 0.318 e. The number of hydrogen-bond acceptors (Lipinski definition) is 3. The van der Waals surface area contributed by atoms with Crippen LogP contribution in [0.1, 0.15) is 39.0 Å². The van der Waals surface area contributed by atoms with Crippen molar-refractivity contribution in [3.8, 4) is 0 Å². The monoisotopic (exact) mass is 244 g/mol. The lowest BCUT2D eigenvalue weighted by Gasteiger charge is -2.22. The number of nitrogens with two attached hydrogens (primary N) is 1. The first-order valence-corrected chi connectivity index (χ1v) is 6.86. The first-order valence-electron chi connectivity index (χ1n) is 5.81. The van der Waals surface area contributed by atoms with Gasteiger partial charge in [-0.15, -0.1) is 11.8 Å². The second-order valence-electron chi connectivity index (χ2n) is 4.33. The molecule has 1 fully saturated rings. The fourth-order valence-electron chi connectivity index (χ4n) is 1.93. The van der Waals surface area contributed by atoms with Crippen molar-refractivity contribution in [2.24, 2.45) is 11.7 Å². The lowest BCUT2D eigenvalue weighted by molar-refractivity contribution is -0.119. The van der Waals surface area contributed by atoms with Crippen LogP contribution >= 0.6 is 11.8 Å². The molecule has 0 aromatic rings. The molecule has 1 aliphatic rings. The second kappa shape index (κ2) is 6.78. The molecule has 1 rings (SSSR count). The van der Waals surface area contributed by atoms with E-state index in [1.54, 1.807) is 11.8 Å². The van der Waals surface area contributed by atoms with Crippen molar-refractivity contribution in [2.75, 3.05) is 5.75 Å². The Labute approximate surface area is 101 Å². The van der Waals surface area contributed by atoms with Gasteiger partial charge in [-0.1, -0.05) is 19.3 Å². The van der Waals surface area contributed by atoms with Crippen LogP contribution < -0.4 is 11.1 Å². The molecule has 0 aliphatic heterocycles. The molecule has 1 aliphatic carbocycles. The maximum absolute atomic E-state index is 11.4. The summed E-state index contributed by atoms with van der Waals surface area (Å²) >= 11 is 1.61. The van der Waals surface area contributed by atoms with E-state index in [2.05, 4.69) is 5.32 Å². The van der Waals surface area contributed by atoms with E-state index in [0.717, 1.165) is 11.7 Å². The van der Waals surface area contributed by atoms with Crippen molar-refractivity contribution in [3.63, 3.8) is 0 Å². The van der Waals surface area contributed by atoms with Gasteiger partial charge in [0.25, 0.3) is 0 Å². The van der Waals surface area contributed by atoms with Crippen molar-refractivity contribution in [1.82, 2.24) is 5.32 Å². The van der Waals surface area contributed by atoms with Gasteiger partial charge in [0.05, 0.1) is 5.25 Å². The van der Waals surface area contributed by atoms with Gasteiger partial charge in [0, 0.05) is 0 Å². The van der Waals surface area contributed by atoms with Crippen LogP contribution in [0, 0.1) is 5.92 Å². The number of amides is 3. The molecule has 0 aromatic heterocycles. The van der Waals surface area contributed by atoms with Crippen molar-refractivity contribution < 1.29 is 9.59 Å². The third-order valence-corrected chi connectivity index (χ3v) is 4.30. The molecule has 0 bridgehead atoms. The normalized spacial score (nSPS) is 19.1. The van der Waals surface area contributed by atoms with E-state index in [1.165, 1.54) is 32.1 Å². The zero-order valence-electron chi connectivity index (χ0n) is 9.70. The Morgan fingerprint density at radius 3 is 2.56 bits per heavy atom. The summed E-state index contributed by atoms with van der Waals surface area (Å²) in [5.41, 5.74) is 4.89. The SMILES string of the molecule is C[C@H](SCC1CCCCC1)C(=O)NC(N)=O. The highest BCUT2D eigenvalue weighted by molar-refractivity contribution is 8.00. The number of hydrogen-bond donors (Lipinski definition) is 2. The average Bonchev–Trinajstić information content (AvgIpc) is 2.26. The highest BCUT2D eigenvalue weighted by Crippen LogP contribution is 2.28. The topological polar surface area (TPSA) is 72.2 Å². The molecule has 0 spiro atoms. The first-order chi connectivity index (χ1) is 7.59. The molecule has 0 unspecified atom stereocenters. The summed E-state index contributed by atoms with van der Waals surface area (Å²) in [6, 6.07) is -0.768. The van der Waals surface area contributed by atoms with Crippen molar-refractivity contribution >= 4 is 23.7 Å². The van der Waals surface area contributed by atoms with Gasteiger partial charge in [-0.05, 0) is 31.4 Å². The van der Waals surface area contributed by atoms with Crippen LogP contribution in [0.15, 0.2) is 0 Å². The summed E-state index contributed by atoms with van der Waals surface area (Å²) < 4.78 is 0. The molecule has 0 heterocycles. The van der Waals surface area contributed by atoms with E-state index in [9.17, 15) is 9.59 Å². The Hall–Kier alpha value is -0.710. The number of carbonyl (C=O) groups excluding carboxylic acids is 2. The molecule has 0 radical (unpaired) electrons. The fraction of sp³-hybridized carbons (Fsp3) is 0.818. The van der Waals surface area contributed by atoms with Gasteiger partial charge in [0.15, 0.2) is 0 Å². The van der Waals surface area contributed by atoms with E-state index in [0.29, 0.717) is 0 Å². The zero-order valence-corrected chi connectivity index (χ0v) is 10.5. The average molecular weight is 244 g/mol. The third-order valence-electron chi connectivity index (χ3n) is 2.92. The zero-order chi connectivity index (χ0) is 12.0. The molecule has 1 saturated carbocycles. The molecular weight excluding hydrogens is 224 g/mol. The van der Waals surface area contributed by atoms with Crippen molar-refractivity contribution in [1.29, 1.82) is 0 Å². The largest absolute Gasteiger partial charge is 0.351 e. The quantitative estimate of drug-likeness (QED) is 0.793. The van der Waals surface area contributed by atoms with E-state index in [1.807, 2.05) is 6.92 Å². The van der Waals surface area contributed by atoms with Crippen LogP contribution in [0.2, 0.25) is 0 Å². The maximum Gasteiger partial charge on any atom is 0.318 e. The van der Waals surface area contributed by atoms with Gasteiger partial charge in [0.1, 0.15) is 0 Å². The van der Waals surface area contributed by atoms with Gasteiger partial charge in [0.2, 0.25) is 5.91 Å². The lowest BCUT2D eigenvalue weighted by atomic mass is 9.91. The van der Waals surface area contributed by atoms with Crippen LogP contribution in [0.4, 0.5) is 4.79 Å². The van der Waals surface area contributed by atoms with E-state index < -0.39 is 6.03 Å². The Bertz CT molecular complexity index is 252. The molecule has 4 nitrogen and oxygen atoms in total. The number of carbonyl (C=O) groups is 2. The van der Waals surface area contributed by atoms with Gasteiger partial charge < -0.3 is 5.73 Å². The van der Waals surface area contributed by atoms with E-state index in [4.69, 9.17) is 5.73 Å². The molecule has 0 saturated heterocycles. The fourth-order valence-corrected chi connectivity index (χ4v) is 3.04. The molecular formula is C11H20N2O2S. The summed E-state index contributed by atoms with van der Waals surface area (Å²) in [5, 5.41) is 1.91. The molecule has 0 aromatic carbocycles. The molecule has 3 N–H and O–H groups in total.